The number of aromatic nitrogens is 3. The molecule has 2 aliphatic rings. The molecule has 2 aromatic carbocycles. The summed E-state index contributed by atoms with van der Waals surface area (Å²) >= 11 is 0. The quantitative estimate of drug-likeness (QED) is 0.365. The zero-order chi connectivity index (χ0) is 29.6. The Hall–Kier alpha value is -4.73. The molecule has 0 aliphatic carbocycles. The van der Waals surface area contributed by atoms with Gasteiger partial charge in [-0.2, -0.15) is 0 Å². The summed E-state index contributed by atoms with van der Waals surface area (Å²) in [6.45, 7) is 6.63. The number of H-pyrrole nitrogens is 1. The number of piperazine rings is 1. The molecule has 2 saturated heterocycles. The standard InChI is InChI=1S/C32H34N6O4/c1-32(2,3)27(36-29(39)25-13-19-9-5-7-11-24(19)35-25)30(40)37-17-22-14-21(37)18-38(22)31(41)28-33-15-20(16-34-28)23-10-6-8-12-26(23)42-4/h5-13,15-16,21-22,27,35H,14,17-18H2,1-4H3,(H,36,39). The van der Waals surface area contributed by atoms with Crippen LogP contribution in [0.5, 0.6) is 5.75 Å². The highest BCUT2D eigenvalue weighted by atomic mass is 16.5. The lowest BCUT2D eigenvalue weighted by Crippen LogP contribution is -2.59. The summed E-state index contributed by atoms with van der Waals surface area (Å²) in [4.78, 5) is 55.9. The predicted molar refractivity (Wildman–Crippen MR) is 158 cm³/mol. The topological polar surface area (TPSA) is 121 Å². The highest BCUT2D eigenvalue weighted by Gasteiger charge is 2.50. The van der Waals surface area contributed by atoms with E-state index >= 15 is 0 Å². The molecule has 42 heavy (non-hydrogen) atoms. The van der Waals surface area contributed by atoms with E-state index in [2.05, 4.69) is 20.3 Å². The van der Waals surface area contributed by atoms with Gasteiger partial charge in [0.15, 0.2) is 0 Å². The lowest BCUT2D eigenvalue weighted by Gasteiger charge is -2.39. The lowest BCUT2D eigenvalue weighted by molar-refractivity contribution is -0.138. The molecule has 2 aromatic heterocycles. The maximum absolute atomic E-state index is 13.9. The largest absolute Gasteiger partial charge is 0.496 e. The van der Waals surface area contributed by atoms with Crippen LogP contribution in [0.4, 0.5) is 0 Å². The van der Waals surface area contributed by atoms with Crippen molar-refractivity contribution in [1.82, 2.24) is 30.1 Å². The third-order valence-corrected chi connectivity index (χ3v) is 8.21. The first kappa shape index (κ1) is 27.4. The summed E-state index contributed by atoms with van der Waals surface area (Å²) in [5, 5.41) is 3.92. The van der Waals surface area contributed by atoms with Crippen LogP contribution in [0, 0.1) is 5.41 Å². The number of fused-ring (bicyclic) bond motifs is 3. The maximum atomic E-state index is 13.9. The Morgan fingerprint density at radius 3 is 2.31 bits per heavy atom. The van der Waals surface area contributed by atoms with Crippen molar-refractivity contribution in [3.05, 3.63) is 78.5 Å². The summed E-state index contributed by atoms with van der Waals surface area (Å²) in [6, 6.07) is 16.0. The van der Waals surface area contributed by atoms with Gasteiger partial charge < -0.3 is 24.8 Å². The van der Waals surface area contributed by atoms with E-state index in [-0.39, 0.29) is 35.6 Å². The van der Waals surface area contributed by atoms with Gasteiger partial charge in [-0.1, -0.05) is 57.2 Å². The second kappa shape index (κ2) is 10.6. The molecule has 2 fully saturated rings. The molecule has 4 heterocycles. The highest BCUT2D eigenvalue weighted by molar-refractivity contribution is 6.00. The normalized spacial score (nSPS) is 18.8. The fourth-order valence-electron chi connectivity index (χ4n) is 5.99. The molecule has 216 valence electrons. The van der Waals surface area contributed by atoms with E-state index in [0.717, 1.165) is 22.0 Å². The average Bonchev–Trinajstić information content (AvgIpc) is 3.73. The van der Waals surface area contributed by atoms with Crippen LogP contribution in [-0.2, 0) is 4.79 Å². The van der Waals surface area contributed by atoms with Gasteiger partial charge in [0.1, 0.15) is 17.5 Å². The molecule has 2 bridgehead atoms. The van der Waals surface area contributed by atoms with Gasteiger partial charge in [0, 0.05) is 47.5 Å². The highest BCUT2D eigenvalue weighted by Crippen LogP contribution is 2.34. The number of carbonyl (C=O) groups is 3. The van der Waals surface area contributed by atoms with E-state index in [1.807, 2.05) is 74.2 Å². The molecule has 4 aromatic rings. The Morgan fingerprint density at radius 1 is 0.976 bits per heavy atom. The van der Waals surface area contributed by atoms with Crippen LogP contribution < -0.4 is 10.1 Å². The number of carbonyl (C=O) groups excluding carboxylic acids is 3. The summed E-state index contributed by atoms with van der Waals surface area (Å²) in [6.07, 6.45) is 3.95. The van der Waals surface area contributed by atoms with Crippen molar-refractivity contribution in [2.45, 2.75) is 45.3 Å². The fourth-order valence-corrected chi connectivity index (χ4v) is 5.99. The van der Waals surface area contributed by atoms with Gasteiger partial charge in [-0.15, -0.1) is 0 Å². The summed E-state index contributed by atoms with van der Waals surface area (Å²) in [7, 11) is 1.61. The number of nitrogens with zero attached hydrogens (tertiary/aromatic N) is 4. The fraction of sp³-hybridized carbons (Fsp3) is 0.344. The predicted octanol–water partition coefficient (Wildman–Crippen LogP) is 3.90. The van der Waals surface area contributed by atoms with Crippen molar-refractivity contribution in [2.75, 3.05) is 20.2 Å². The van der Waals surface area contributed by atoms with Crippen molar-refractivity contribution in [3.63, 3.8) is 0 Å². The Kier molecular flexibility index (Phi) is 6.92. The van der Waals surface area contributed by atoms with Crippen LogP contribution in [-0.4, -0.2) is 80.8 Å². The number of nitrogens with one attached hydrogen (secondary N) is 2. The SMILES string of the molecule is COc1ccccc1-c1cnc(C(=O)N2CC3CC2CN3C(=O)C(NC(=O)c2cc3ccccc3[nH]2)C(C)(C)C)nc1. The van der Waals surface area contributed by atoms with Crippen LogP contribution in [0.1, 0.15) is 48.3 Å². The number of amides is 3. The maximum Gasteiger partial charge on any atom is 0.292 e. The smallest absolute Gasteiger partial charge is 0.292 e. The van der Waals surface area contributed by atoms with Crippen LogP contribution >= 0.6 is 0 Å². The van der Waals surface area contributed by atoms with E-state index < -0.39 is 11.5 Å². The van der Waals surface area contributed by atoms with E-state index in [9.17, 15) is 14.4 Å². The zero-order valence-corrected chi connectivity index (χ0v) is 24.1. The molecule has 0 spiro atoms. The van der Waals surface area contributed by atoms with Crippen molar-refractivity contribution in [3.8, 4) is 16.9 Å². The molecule has 0 radical (unpaired) electrons. The second-order valence-electron chi connectivity index (χ2n) is 12.0. The summed E-state index contributed by atoms with van der Waals surface area (Å²) in [5.74, 6) is 0.115. The van der Waals surface area contributed by atoms with Crippen LogP contribution in [0.25, 0.3) is 22.0 Å². The van der Waals surface area contributed by atoms with Crippen molar-refractivity contribution in [1.29, 1.82) is 0 Å². The number of aromatic amines is 1. The molecule has 2 aliphatic heterocycles. The number of methoxy groups -OCH3 is 1. The molecule has 2 N–H and O–H groups in total. The average molecular weight is 567 g/mol. The van der Waals surface area contributed by atoms with Crippen molar-refractivity contribution < 1.29 is 19.1 Å². The number of ether oxygens (including phenoxy) is 1. The Bertz CT molecular complexity index is 1620. The van der Waals surface area contributed by atoms with Gasteiger partial charge in [-0.25, -0.2) is 9.97 Å². The Balaban J connectivity index is 1.13. The molecule has 10 heteroatoms. The molecule has 0 saturated carbocycles. The monoisotopic (exact) mass is 566 g/mol. The summed E-state index contributed by atoms with van der Waals surface area (Å²) < 4.78 is 5.43. The molecule has 6 rings (SSSR count). The first-order chi connectivity index (χ1) is 20.1. The Morgan fingerprint density at radius 2 is 1.64 bits per heavy atom. The van der Waals surface area contributed by atoms with Gasteiger partial charge >= 0.3 is 0 Å². The Labute approximate surface area is 244 Å². The van der Waals surface area contributed by atoms with Gasteiger partial charge in [-0.05, 0) is 30.0 Å². The number of hydrogen-bond donors (Lipinski definition) is 2. The van der Waals surface area contributed by atoms with Gasteiger partial charge in [0.25, 0.3) is 11.8 Å². The van der Waals surface area contributed by atoms with Gasteiger partial charge in [0.05, 0.1) is 19.2 Å². The third-order valence-electron chi connectivity index (χ3n) is 8.21. The number of likely N-dealkylation sites (tertiary alicyclic amines) is 2. The number of hydrogen-bond acceptors (Lipinski definition) is 6. The van der Waals surface area contributed by atoms with Gasteiger partial charge in [0.2, 0.25) is 11.7 Å². The van der Waals surface area contributed by atoms with Crippen molar-refractivity contribution in [2.24, 2.45) is 5.41 Å². The molecule has 10 nitrogen and oxygen atoms in total. The minimum atomic E-state index is -0.731. The van der Waals surface area contributed by atoms with Crippen LogP contribution in [0.15, 0.2) is 67.0 Å². The molecule has 3 amide bonds. The third kappa shape index (κ3) is 4.97. The lowest BCUT2D eigenvalue weighted by atomic mass is 9.85. The first-order valence-electron chi connectivity index (χ1n) is 14.1. The van der Waals surface area contributed by atoms with Crippen LogP contribution in [0.3, 0.4) is 0 Å². The zero-order valence-electron chi connectivity index (χ0n) is 24.1. The molecular weight excluding hydrogens is 532 g/mol. The van der Waals surface area contributed by atoms with E-state index in [0.29, 0.717) is 31.0 Å². The minimum absolute atomic E-state index is 0.122. The van der Waals surface area contributed by atoms with E-state index in [1.54, 1.807) is 30.5 Å². The summed E-state index contributed by atoms with van der Waals surface area (Å²) in [5.41, 5.74) is 2.36. The molecule has 3 unspecified atom stereocenters. The molecular formula is C32H34N6O4. The van der Waals surface area contributed by atoms with Gasteiger partial charge in [-0.3, -0.25) is 14.4 Å². The number of para-hydroxylation sites is 2. The van der Waals surface area contributed by atoms with E-state index in [1.165, 1.54) is 0 Å². The number of rotatable bonds is 6. The second-order valence-corrected chi connectivity index (χ2v) is 12.0. The minimum Gasteiger partial charge on any atom is -0.496 e. The van der Waals surface area contributed by atoms with E-state index in [4.69, 9.17) is 4.74 Å². The van der Waals surface area contributed by atoms with Crippen molar-refractivity contribution >= 4 is 28.6 Å². The number of benzene rings is 2. The first-order valence-corrected chi connectivity index (χ1v) is 14.1. The molecule has 3 atom stereocenters. The van der Waals surface area contributed by atoms with Crippen LogP contribution in [0.2, 0.25) is 0 Å².